The Hall–Kier alpha value is -2.55. The molecule has 4 nitrogen and oxygen atoms in total. The lowest BCUT2D eigenvalue weighted by Gasteiger charge is -2.24. The summed E-state index contributed by atoms with van der Waals surface area (Å²) in [4.78, 5) is 26.1. The lowest BCUT2D eigenvalue weighted by Crippen LogP contribution is -2.37. The van der Waals surface area contributed by atoms with Gasteiger partial charge in [0.2, 0.25) is 11.8 Å². The van der Waals surface area contributed by atoms with Crippen molar-refractivity contribution in [1.82, 2.24) is 4.90 Å². The molecule has 1 fully saturated rings. The van der Waals surface area contributed by atoms with Crippen molar-refractivity contribution in [3.05, 3.63) is 65.5 Å². The summed E-state index contributed by atoms with van der Waals surface area (Å²) in [6, 6.07) is 9.86. The number of benzene rings is 2. The highest BCUT2D eigenvalue weighted by Crippen LogP contribution is 2.43. The molecular formula is C19H16F4N2O2S. The van der Waals surface area contributed by atoms with Gasteiger partial charge < -0.3 is 10.2 Å². The molecule has 1 aliphatic rings. The van der Waals surface area contributed by atoms with Gasteiger partial charge in [-0.05, 0) is 42.8 Å². The van der Waals surface area contributed by atoms with Crippen LogP contribution >= 0.6 is 11.8 Å². The molecule has 28 heavy (non-hydrogen) atoms. The number of carbonyl (C=O) groups is 2. The fourth-order valence-corrected chi connectivity index (χ4v) is 4.13. The van der Waals surface area contributed by atoms with Crippen molar-refractivity contribution >= 4 is 29.3 Å². The van der Waals surface area contributed by atoms with Crippen LogP contribution < -0.4 is 5.32 Å². The number of halogens is 4. The average Bonchev–Trinajstić information content (AvgIpc) is 2.89. The highest BCUT2D eigenvalue weighted by atomic mass is 32.2. The molecule has 1 aliphatic heterocycles. The first-order chi connectivity index (χ1) is 13.1. The number of hydrogen-bond donors (Lipinski definition) is 1. The quantitative estimate of drug-likeness (QED) is 0.755. The van der Waals surface area contributed by atoms with E-state index in [0.717, 1.165) is 18.2 Å². The molecule has 0 aliphatic carbocycles. The summed E-state index contributed by atoms with van der Waals surface area (Å²) in [6.07, 6.45) is -4.45. The van der Waals surface area contributed by atoms with Crippen molar-refractivity contribution < 1.29 is 27.2 Å². The Labute approximate surface area is 162 Å². The molecule has 0 bridgehead atoms. The number of alkyl halides is 3. The number of anilines is 1. The topological polar surface area (TPSA) is 49.4 Å². The van der Waals surface area contributed by atoms with E-state index in [0.29, 0.717) is 5.56 Å². The zero-order chi connectivity index (χ0) is 20.5. The zero-order valence-electron chi connectivity index (χ0n) is 14.7. The minimum absolute atomic E-state index is 0.253. The third-order valence-corrected chi connectivity index (χ3v) is 5.59. The van der Waals surface area contributed by atoms with Crippen LogP contribution in [0.4, 0.5) is 23.2 Å². The van der Waals surface area contributed by atoms with Crippen molar-refractivity contribution in [2.45, 2.75) is 23.7 Å². The molecular weight excluding hydrogens is 396 g/mol. The second kappa shape index (κ2) is 7.83. The largest absolute Gasteiger partial charge is 0.416 e. The van der Waals surface area contributed by atoms with Gasteiger partial charge in [0.05, 0.1) is 10.8 Å². The number of amides is 2. The Morgan fingerprint density at radius 1 is 1.18 bits per heavy atom. The van der Waals surface area contributed by atoms with Gasteiger partial charge in [0, 0.05) is 5.69 Å². The number of rotatable bonds is 4. The monoisotopic (exact) mass is 412 g/mol. The molecule has 2 aromatic rings. The van der Waals surface area contributed by atoms with Gasteiger partial charge in [0.15, 0.2) is 0 Å². The van der Waals surface area contributed by atoms with Crippen LogP contribution in [-0.2, 0) is 15.8 Å². The molecule has 0 saturated carbocycles. The molecule has 1 saturated heterocycles. The van der Waals surface area contributed by atoms with E-state index in [-0.39, 0.29) is 18.1 Å². The Bertz CT molecular complexity index is 886. The van der Waals surface area contributed by atoms with Gasteiger partial charge in [-0.2, -0.15) is 13.2 Å². The Morgan fingerprint density at radius 3 is 2.46 bits per heavy atom. The van der Waals surface area contributed by atoms with Gasteiger partial charge >= 0.3 is 6.18 Å². The third kappa shape index (κ3) is 4.46. The van der Waals surface area contributed by atoms with Crippen LogP contribution in [0.15, 0.2) is 48.5 Å². The molecule has 0 radical (unpaired) electrons. The van der Waals surface area contributed by atoms with E-state index in [9.17, 15) is 27.2 Å². The summed E-state index contributed by atoms with van der Waals surface area (Å²) < 4.78 is 51.5. The van der Waals surface area contributed by atoms with Gasteiger partial charge in [-0.3, -0.25) is 9.59 Å². The Morgan fingerprint density at radius 2 is 1.86 bits per heavy atom. The van der Waals surface area contributed by atoms with Gasteiger partial charge in [0.25, 0.3) is 0 Å². The van der Waals surface area contributed by atoms with Crippen molar-refractivity contribution in [2.75, 3.05) is 11.9 Å². The third-order valence-electron chi connectivity index (χ3n) is 4.19. The Balaban J connectivity index is 1.76. The zero-order valence-corrected chi connectivity index (χ0v) is 15.5. The second-order valence-corrected chi connectivity index (χ2v) is 7.70. The molecule has 1 heterocycles. The summed E-state index contributed by atoms with van der Waals surface area (Å²) in [5.74, 6) is -1.32. The number of hydrogen-bond acceptors (Lipinski definition) is 3. The van der Waals surface area contributed by atoms with Crippen molar-refractivity contribution in [3.63, 3.8) is 0 Å². The standard InChI is InChI=1S/C19H16F4N2O2S/c1-11-17(27)25(10-16(26)24-15-4-2-3-14(20)9-15)18(28-11)12-5-7-13(8-6-12)19(21,22)23/h2-9,11,18H,10H2,1H3,(H,24,26)/t11-,18-/m0/s1. The molecule has 2 amide bonds. The highest BCUT2D eigenvalue weighted by Gasteiger charge is 2.40. The number of nitrogens with one attached hydrogen (secondary N) is 1. The van der Waals surface area contributed by atoms with E-state index in [1.165, 1.54) is 47.0 Å². The second-order valence-electron chi connectivity index (χ2n) is 6.28. The maximum atomic E-state index is 13.2. The first-order valence-corrected chi connectivity index (χ1v) is 9.28. The minimum Gasteiger partial charge on any atom is -0.324 e. The summed E-state index contributed by atoms with van der Waals surface area (Å²) in [5.41, 5.74) is -0.0355. The maximum absolute atomic E-state index is 13.2. The molecule has 148 valence electrons. The van der Waals surface area contributed by atoms with E-state index in [1.54, 1.807) is 6.92 Å². The van der Waals surface area contributed by atoms with Crippen LogP contribution in [0.5, 0.6) is 0 Å². The first-order valence-electron chi connectivity index (χ1n) is 8.33. The molecule has 0 aromatic heterocycles. The summed E-state index contributed by atoms with van der Waals surface area (Å²) >= 11 is 1.25. The van der Waals surface area contributed by atoms with Gasteiger partial charge in [-0.15, -0.1) is 11.8 Å². The summed E-state index contributed by atoms with van der Waals surface area (Å²) in [5, 5.41) is 1.50. The predicted molar refractivity (Wildman–Crippen MR) is 98.0 cm³/mol. The van der Waals surface area contributed by atoms with Gasteiger partial charge in [-0.25, -0.2) is 4.39 Å². The maximum Gasteiger partial charge on any atom is 0.416 e. The molecule has 3 rings (SSSR count). The average molecular weight is 412 g/mol. The Kier molecular flexibility index (Phi) is 5.64. The van der Waals surface area contributed by atoms with E-state index >= 15 is 0 Å². The first kappa shape index (κ1) is 20.2. The molecule has 2 atom stereocenters. The minimum atomic E-state index is -4.45. The molecule has 0 spiro atoms. The smallest absolute Gasteiger partial charge is 0.324 e. The van der Waals surface area contributed by atoms with Crippen molar-refractivity contribution in [3.8, 4) is 0 Å². The highest BCUT2D eigenvalue weighted by molar-refractivity contribution is 8.01. The molecule has 1 N–H and O–H groups in total. The van der Waals surface area contributed by atoms with Crippen LogP contribution in [0.2, 0.25) is 0 Å². The SMILES string of the molecule is C[C@@H]1S[C@@H](c2ccc(C(F)(F)F)cc2)N(CC(=O)Nc2cccc(F)c2)C1=O. The van der Waals surface area contributed by atoms with E-state index in [1.807, 2.05) is 0 Å². The van der Waals surface area contributed by atoms with Crippen LogP contribution in [0, 0.1) is 5.82 Å². The number of thioether (sulfide) groups is 1. The molecule has 9 heteroatoms. The normalized spacial score (nSPS) is 19.8. The summed E-state index contributed by atoms with van der Waals surface area (Å²) in [6.45, 7) is 1.38. The molecule has 2 aromatic carbocycles. The fraction of sp³-hybridized carbons (Fsp3) is 0.263. The van der Waals surface area contributed by atoms with Gasteiger partial charge in [0.1, 0.15) is 17.7 Å². The number of nitrogens with zero attached hydrogens (tertiary/aromatic N) is 1. The lowest BCUT2D eigenvalue weighted by atomic mass is 10.1. The van der Waals surface area contributed by atoms with Crippen LogP contribution in [0.3, 0.4) is 0 Å². The number of carbonyl (C=O) groups excluding carboxylic acids is 2. The van der Waals surface area contributed by atoms with Crippen LogP contribution in [0.1, 0.15) is 23.4 Å². The van der Waals surface area contributed by atoms with Crippen molar-refractivity contribution in [1.29, 1.82) is 0 Å². The lowest BCUT2D eigenvalue weighted by molar-refractivity contribution is -0.137. The van der Waals surface area contributed by atoms with Crippen LogP contribution in [-0.4, -0.2) is 28.5 Å². The van der Waals surface area contributed by atoms with Gasteiger partial charge in [-0.1, -0.05) is 18.2 Å². The van der Waals surface area contributed by atoms with E-state index < -0.39 is 34.1 Å². The predicted octanol–water partition coefficient (Wildman–Crippen LogP) is 4.45. The van der Waals surface area contributed by atoms with E-state index in [4.69, 9.17) is 0 Å². The summed E-state index contributed by atoms with van der Waals surface area (Å²) in [7, 11) is 0. The van der Waals surface area contributed by atoms with E-state index in [2.05, 4.69) is 5.32 Å². The fourth-order valence-electron chi connectivity index (χ4n) is 2.85. The van der Waals surface area contributed by atoms with Crippen molar-refractivity contribution in [2.24, 2.45) is 0 Å². The van der Waals surface area contributed by atoms with Crippen LogP contribution in [0.25, 0.3) is 0 Å². The molecule has 0 unspecified atom stereocenters.